The van der Waals surface area contributed by atoms with Gasteiger partial charge in [0.1, 0.15) is 5.69 Å². The van der Waals surface area contributed by atoms with Gasteiger partial charge in [0, 0.05) is 13.1 Å². The summed E-state index contributed by atoms with van der Waals surface area (Å²) in [5, 5.41) is 37.0. The fourth-order valence-electron chi connectivity index (χ4n) is 2.88. The minimum absolute atomic E-state index is 0. The van der Waals surface area contributed by atoms with Crippen LogP contribution in [-0.4, -0.2) is 119 Å². The number of rotatable bonds is 16. The zero-order chi connectivity index (χ0) is 22.5. The first-order valence-electron chi connectivity index (χ1n) is 9.94. The molecule has 0 saturated carbocycles. The number of aliphatic hydroxyl groups excluding tert-OH is 4. The lowest BCUT2D eigenvalue weighted by atomic mass is 10.1. The molecule has 0 radical (unpaired) electrons. The maximum atomic E-state index is 9.26. The molecule has 14 heteroatoms. The van der Waals surface area contributed by atoms with Crippen LogP contribution >= 0.6 is 24.1 Å². The van der Waals surface area contributed by atoms with Gasteiger partial charge in [-0.3, -0.25) is 0 Å². The van der Waals surface area contributed by atoms with E-state index in [1.165, 1.54) is 0 Å². The third-order valence-electron chi connectivity index (χ3n) is 4.16. The van der Waals surface area contributed by atoms with Crippen molar-refractivity contribution < 1.29 is 44.1 Å². The Hall–Kier alpha value is -0.970. The molecule has 12 nitrogen and oxygen atoms in total. The van der Waals surface area contributed by atoms with Gasteiger partial charge in [0.2, 0.25) is 0 Å². The predicted octanol–water partition coefficient (Wildman–Crippen LogP) is -0.927. The SMILES string of the molecule is CN1CCC=C(c2nsnc2OC(OCCO)C(OCCO)(OCCO)OCCO)C1.Cl. The number of hydrogen-bond donors (Lipinski definition) is 4. The zero-order valence-corrected chi connectivity index (χ0v) is 19.6. The Morgan fingerprint density at radius 2 is 1.59 bits per heavy atom. The second-order valence-corrected chi connectivity index (χ2v) is 7.07. The normalized spacial score (nSPS) is 15.8. The van der Waals surface area contributed by atoms with Gasteiger partial charge in [0.15, 0.2) is 0 Å². The van der Waals surface area contributed by atoms with E-state index < -0.39 is 12.3 Å². The molecule has 0 bridgehead atoms. The Morgan fingerprint density at radius 1 is 1.00 bits per heavy atom. The summed E-state index contributed by atoms with van der Waals surface area (Å²) in [6.07, 6.45) is 1.50. The molecule has 1 aromatic rings. The van der Waals surface area contributed by atoms with Crippen LogP contribution in [0.25, 0.3) is 5.57 Å². The van der Waals surface area contributed by atoms with Crippen LogP contribution in [0.3, 0.4) is 0 Å². The van der Waals surface area contributed by atoms with Gasteiger partial charge in [0.05, 0.1) is 64.6 Å². The Balaban J connectivity index is 0.00000512. The molecule has 1 aliphatic rings. The smallest absolute Gasteiger partial charge is 0.349 e. The molecule has 1 aliphatic heterocycles. The molecule has 2 heterocycles. The summed E-state index contributed by atoms with van der Waals surface area (Å²) in [5.41, 5.74) is 1.47. The molecule has 1 atom stereocenters. The van der Waals surface area contributed by atoms with Gasteiger partial charge < -0.3 is 49.0 Å². The molecule has 0 aromatic carbocycles. The van der Waals surface area contributed by atoms with E-state index in [0.717, 1.165) is 30.3 Å². The van der Waals surface area contributed by atoms with Gasteiger partial charge in [-0.15, -0.1) is 16.8 Å². The Labute approximate surface area is 197 Å². The van der Waals surface area contributed by atoms with E-state index in [9.17, 15) is 20.4 Å². The Bertz CT molecular complexity index is 646. The van der Waals surface area contributed by atoms with E-state index in [0.29, 0.717) is 12.2 Å². The van der Waals surface area contributed by atoms with E-state index in [2.05, 4.69) is 19.7 Å². The van der Waals surface area contributed by atoms with E-state index >= 15 is 0 Å². The maximum absolute atomic E-state index is 9.26. The number of halogens is 1. The van der Waals surface area contributed by atoms with Gasteiger partial charge in [-0.1, -0.05) is 6.08 Å². The fourth-order valence-corrected chi connectivity index (χ4v) is 3.40. The molecule has 2 rings (SSSR count). The average Bonchev–Trinajstić information content (AvgIpc) is 3.25. The number of aromatic nitrogens is 2. The van der Waals surface area contributed by atoms with Crippen LogP contribution in [-0.2, 0) is 18.9 Å². The largest absolute Gasteiger partial charge is 0.436 e. The molecule has 1 unspecified atom stereocenters. The highest BCUT2D eigenvalue weighted by atomic mass is 35.5. The summed E-state index contributed by atoms with van der Waals surface area (Å²) in [7, 11) is 2.00. The molecule has 4 N–H and O–H groups in total. The van der Waals surface area contributed by atoms with Gasteiger partial charge in [-0.2, -0.15) is 4.37 Å². The first-order chi connectivity index (χ1) is 15.1. The quantitative estimate of drug-likeness (QED) is 0.207. The van der Waals surface area contributed by atoms with Crippen LogP contribution in [0.15, 0.2) is 6.08 Å². The molecule has 0 amide bonds. The second kappa shape index (κ2) is 15.8. The number of ether oxygens (including phenoxy) is 5. The van der Waals surface area contributed by atoms with Crippen molar-refractivity contribution >= 4 is 29.7 Å². The third-order valence-corrected chi connectivity index (χ3v) is 4.67. The topological polar surface area (TPSA) is 156 Å². The molecule has 0 saturated heterocycles. The van der Waals surface area contributed by atoms with E-state index in [-0.39, 0.29) is 71.1 Å². The van der Waals surface area contributed by atoms with E-state index in [1.807, 2.05) is 7.05 Å². The van der Waals surface area contributed by atoms with Crippen molar-refractivity contribution in [3.63, 3.8) is 0 Å². The van der Waals surface area contributed by atoms with Gasteiger partial charge in [-0.05, 0) is 19.0 Å². The summed E-state index contributed by atoms with van der Waals surface area (Å²) >= 11 is 0.959. The number of likely N-dealkylation sites (N-methyl/N-ethyl adjacent to an activating group) is 1. The Kier molecular flexibility index (Phi) is 14.3. The fraction of sp³-hybridized carbons (Fsp3) is 0.778. The highest BCUT2D eigenvalue weighted by Gasteiger charge is 2.47. The minimum atomic E-state index is -2.05. The maximum Gasteiger partial charge on any atom is 0.349 e. The predicted molar refractivity (Wildman–Crippen MR) is 117 cm³/mol. The number of aliphatic hydroxyl groups is 4. The average molecular weight is 502 g/mol. The van der Waals surface area contributed by atoms with Crippen molar-refractivity contribution in [2.75, 3.05) is 73.0 Å². The van der Waals surface area contributed by atoms with Crippen molar-refractivity contribution in [3.05, 3.63) is 11.8 Å². The molecule has 0 spiro atoms. The lowest BCUT2D eigenvalue weighted by molar-refractivity contribution is -0.447. The summed E-state index contributed by atoms with van der Waals surface area (Å²) in [6, 6.07) is 0. The van der Waals surface area contributed by atoms with Crippen LogP contribution in [0.4, 0.5) is 0 Å². The number of hydrogen-bond acceptors (Lipinski definition) is 13. The molecule has 0 aliphatic carbocycles. The van der Waals surface area contributed by atoms with Crippen LogP contribution in [0.2, 0.25) is 0 Å². The highest BCUT2D eigenvalue weighted by molar-refractivity contribution is 6.99. The summed E-state index contributed by atoms with van der Waals surface area (Å²) in [4.78, 5) is 2.14. The summed E-state index contributed by atoms with van der Waals surface area (Å²) < 4.78 is 36.8. The summed E-state index contributed by atoms with van der Waals surface area (Å²) in [5.74, 6) is -1.89. The number of nitrogens with zero attached hydrogens (tertiary/aromatic N) is 3. The van der Waals surface area contributed by atoms with Crippen LogP contribution in [0, 0.1) is 0 Å². The molecule has 32 heavy (non-hydrogen) atoms. The van der Waals surface area contributed by atoms with E-state index in [4.69, 9.17) is 23.7 Å². The third kappa shape index (κ3) is 8.43. The highest BCUT2D eigenvalue weighted by Crippen LogP contribution is 2.31. The molecular weight excluding hydrogens is 470 g/mol. The second-order valence-electron chi connectivity index (χ2n) is 6.54. The van der Waals surface area contributed by atoms with Gasteiger partial charge in [0.25, 0.3) is 12.2 Å². The first-order valence-corrected chi connectivity index (χ1v) is 10.7. The molecule has 0 fully saturated rings. The molecule has 186 valence electrons. The van der Waals surface area contributed by atoms with Gasteiger partial charge in [-0.25, -0.2) is 0 Å². The van der Waals surface area contributed by atoms with Crippen molar-refractivity contribution in [1.29, 1.82) is 0 Å². The lowest BCUT2D eigenvalue weighted by Crippen LogP contribution is -2.55. The monoisotopic (exact) mass is 501 g/mol. The minimum Gasteiger partial charge on any atom is -0.436 e. The van der Waals surface area contributed by atoms with Crippen LogP contribution in [0.5, 0.6) is 5.88 Å². The zero-order valence-electron chi connectivity index (χ0n) is 17.9. The first kappa shape index (κ1) is 29.1. The molecule has 1 aromatic heterocycles. The molecular formula is C18H32ClN3O9S. The van der Waals surface area contributed by atoms with E-state index in [1.54, 1.807) is 0 Å². The van der Waals surface area contributed by atoms with Crippen molar-refractivity contribution in [2.24, 2.45) is 0 Å². The van der Waals surface area contributed by atoms with Crippen molar-refractivity contribution in [1.82, 2.24) is 13.6 Å². The van der Waals surface area contributed by atoms with Crippen LogP contribution in [0.1, 0.15) is 12.1 Å². The van der Waals surface area contributed by atoms with Crippen LogP contribution < -0.4 is 4.74 Å². The van der Waals surface area contributed by atoms with Gasteiger partial charge >= 0.3 is 5.97 Å². The van der Waals surface area contributed by atoms with Crippen molar-refractivity contribution in [2.45, 2.75) is 18.7 Å². The van der Waals surface area contributed by atoms with Crippen molar-refractivity contribution in [3.8, 4) is 5.88 Å². The standard InChI is InChI=1S/C18H31N3O9S.ClH/c1-21-4-2-3-14(13-21)15-16(20-31-19-15)30-17(26-9-5-22)18(27-10-6-23,28-11-7-24)29-12-8-25;/h3,17,22-25H,2,4-13H2,1H3;1H. The Morgan fingerprint density at radius 3 is 2.12 bits per heavy atom. The lowest BCUT2D eigenvalue weighted by Gasteiger charge is -2.37. The summed E-state index contributed by atoms with van der Waals surface area (Å²) in [6.45, 7) is -0.593.